The van der Waals surface area contributed by atoms with E-state index in [0.717, 1.165) is 17.9 Å². The first-order valence-electron chi connectivity index (χ1n) is 9.23. The molecule has 0 unspecified atom stereocenters. The number of H-pyrrole nitrogens is 1. The molecule has 0 spiro atoms. The molecule has 8 nitrogen and oxygen atoms in total. The molecule has 0 bridgehead atoms. The number of hydrogen-bond donors (Lipinski definition) is 2. The summed E-state index contributed by atoms with van der Waals surface area (Å²) in [5, 5.41) is 2.67. The summed E-state index contributed by atoms with van der Waals surface area (Å²) in [5.41, 5.74) is 1.63. The zero-order valence-corrected chi connectivity index (χ0v) is 16.3. The van der Waals surface area contributed by atoms with Gasteiger partial charge in [-0.25, -0.2) is 9.78 Å². The van der Waals surface area contributed by atoms with Crippen molar-refractivity contribution in [2.45, 2.75) is 25.4 Å². The number of amides is 2. The zero-order valence-electron chi connectivity index (χ0n) is 16.3. The predicted octanol–water partition coefficient (Wildman–Crippen LogP) is 2.35. The largest absolute Gasteiger partial charge is 0.453 e. The Hall–Kier alpha value is -2.87. The minimum Gasteiger partial charge on any atom is -0.453 e. The van der Waals surface area contributed by atoms with E-state index in [1.165, 1.54) is 7.11 Å². The van der Waals surface area contributed by atoms with Crippen LogP contribution in [0.25, 0.3) is 0 Å². The van der Waals surface area contributed by atoms with Gasteiger partial charge in [-0.05, 0) is 18.9 Å². The maximum atomic E-state index is 13.5. The van der Waals surface area contributed by atoms with Crippen LogP contribution in [-0.2, 0) is 14.3 Å². The van der Waals surface area contributed by atoms with Crippen molar-refractivity contribution in [3.05, 3.63) is 53.6 Å². The highest BCUT2D eigenvalue weighted by molar-refractivity contribution is 5.87. The number of methoxy groups -OCH3 is 2. The molecule has 3 atom stereocenters. The van der Waals surface area contributed by atoms with Gasteiger partial charge in [0.1, 0.15) is 11.9 Å². The van der Waals surface area contributed by atoms with Gasteiger partial charge in [0, 0.05) is 31.5 Å². The van der Waals surface area contributed by atoms with Crippen molar-refractivity contribution in [1.29, 1.82) is 0 Å². The molecule has 150 valence electrons. The number of nitrogens with zero attached hydrogens (tertiary/aromatic N) is 2. The molecule has 8 heteroatoms. The quantitative estimate of drug-likeness (QED) is 0.794. The van der Waals surface area contributed by atoms with Crippen molar-refractivity contribution >= 4 is 12.0 Å². The average Bonchev–Trinajstić information content (AvgIpc) is 3.32. The fraction of sp³-hybridized carbons (Fsp3) is 0.450. The molecule has 0 saturated carbocycles. The van der Waals surface area contributed by atoms with Crippen molar-refractivity contribution in [2.75, 3.05) is 27.4 Å². The standard InChI is InChI=1S/C20H26N4O4/c1-13-10-21-18(22-13)16-9-14(12-27-2)11-24(16)19(25)17(23-20(26)28-3)15-7-5-4-6-8-15/h4-8,10,14,16-17H,9,11-12H2,1-3H3,(H,21,22)(H,23,26)/t14-,16-,17+/m0/s1. The number of ether oxygens (including phenoxy) is 2. The topological polar surface area (TPSA) is 96.5 Å². The lowest BCUT2D eigenvalue weighted by Gasteiger charge is -2.28. The van der Waals surface area contributed by atoms with Crippen LogP contribution >= 0.6 is 0 Å². The zero-order chi connectivity index (χ0) is 20.1. The second-order valence-corrected chi connectivity index (χ2v) is 6.99. The third kappa shape index (κ3) is 4.33. The first-order valence-corrected chi connectivity index (χ1v) is 9.23. The van der Waals surface area contributed by atoms with E-state index in [9.17, 15) is 9.59 Å². The van der Waals surface area contributed by atoms with Crippen molar-refractivity contribution in [3.8, 4) is 0 Å². The number of carbonyl (C=O) groups is 2. The Morgan fingerprint density at radius 3 is 2.68 bits per heavy atom. The number of aryl methyl sites for hydroxylation is 1. The van der Waals surface area contributed by atoms with Gasteiger partial charge in [0.25, 0.3) is 5.91 Å². The SMILES string of the molecule is COC[C@H]1C[C@@H](c2ncc(C)[nH]2)N(C(=O)[C@H](NC(=O)OC)c2ccccc2)C1. The summed E-state index contributed by atoms with van der Waals surface area (Å²) in [6, 6.07) is 8.11. The van der Waals surface area contributed by atoms with Gasteiger partial charge in [-0.2, -0.15) is 0 Å². The molecule has 1 fully saturated rings. The number of imidazole rings is 1. The summed E-state index contributed by atoms with van der Waals surface area (Å²) in [6.07, 6.45) is 1.84. The fourth-order valence-electron chi connectivity index (χ4n) is 3.66. The molecule has 28 heavy (non-hydrogen) atoms. The van der Waals surface area contributed by atoms with Gasteiger partial charge in [-0.15, -0.1) is 0 Å². The highest BCUT2D eigenvalue weighted by Crippen LogP contribution is 2.36. The predicted molar refractivity (Wildman–Crippen MR) is 102 cm³/mol. The number of aromatic nitrogens is 2. The molecule has 1 aliphatic heterocycles. The van der Waals surface area contributed by atoms with E-state index in [1.807, 2.05) is 37.3 Å². The van der Waals surface area contributed by atoms with E-state index >= 15 is 0 Å². The molecule has 2 amide bonds. The van der Waals surface area contributed by atoms with Crippen molar-refractivity contribution in [2.24, 2.45) is 5.92 Å². The minimum absolute atomic E-state index is 0.193. The average molecular weight is 386 g/mol. The van der Waals surface area contributed by atoms with Crippen LogP contribution < -0.4 is 5.32 Å². The molecule has 1 aromatic heterocycles. The van der Waals surface area contributed by atoms with Gasteiger partial charge >= 0.3 is 6.09 Å². The van der Waals surface area contributed by atoms with Crippen LogP contribution in [0.4, 0.5) is 4.79 Å². The molecule has 3 rings (SSSR count). The lowest BCUT2D eigenvalue weighted by atomic mass is 10.0. The summed E-state index contributed by atoms with van der Waals surface area (Å²) in [6.45, 7) is 3.01. The van der Waals surface area contributed by atoms with Crippen LogP contribution in [0.15, 0.2) is 36.5 Å². The second-order valence-electron chi connectivity index (χ2n) is 6.99. The Morgan fingerprint density at radius 1 is 1.32 bits per heavy atom. The number of nitrogens with one attached hydrogen (secondary N) is 2. The maximum absolute atomic E-state index is 13.5. The Morgan fingerprint density at radius 2 is 2.07 bits per heavy atom. The van der Waals surface area contributed by atoms with E-state index in [1.54, 1.807) is 18.2 Å². The van der Waals surface area contributed by atoms with Crippen molar-refractivity contribution < 1.29 is 19.1 Å². The van der Waals surface area contributed by atoms with Gasteiger partial charge in [0.15, 0.2) is 0 Å². The van der Waals surface area contributed by atoms with Crippen molar-refractivity contribution in [3.63, 3.8) is 0 Å². The first kappa shape index (κ1) is 19.9. The molecular weight excluding hydrogens is 360 g/mol. The third-order valence-electron chi connectivity index (χ3n) is 4.94. The van der Waals surface area contributed by atoms with Crippen LogP contribution in [0.1, 0.15) is 35.6 Å². The fourth-order valence-corrected chi connectivity index (χ4v) is 3.66. The van der Waals surface area contributed by atoms with E-state index in [4.69, 9.17) is 9.47 Å². The molecular formula is C20H26N4O4. The van der Waals surface area contributed by atoms with Gasteiger partial charge in [0.05, 0.1) is 19.8 Å². The lowest BCUT2D eigenvalue weighted by Crippen LogP contribution is -2.43. The van der Waals surface area contributed by atoms with E-state index < -0.39 is 12.1 Å². The number of rotatable bonds is 6. The van der Waals surface area contributed by atoms with Crippen LogP contribution in [0.5, 0.6) is 0 Å². The third-order valence-corrected chi connectivity index (χ3v) is 4.94. The molecule has 2 N–H and O–H groups in total. The Labute approximate surface area is 164 Å². The van der Waals surface area contributed by atoms with Gasteiger partial charge in [-0.1, -0.05) is 30.3 Å². The normalized spacial score (nSPS) is 20.0. The summed E-state index contributed by atoms with van der Waals surface area (Å²) < 4.78 is 10.0. The van der Waals surface area contributed by atoms with E-state index in [-0.39, 0.29) is 17.9 Å². The highest BCUT2D eigenvalue weighted by atomic mass is 16.5. The van der Waals surface area contributed by atoms with Crippen LogP contribution in [0, 0.1) is 12.8 Å². The summed E-state index contributed by atoms with van der Waals surface area (Å²) in [7, 11) is 2.93. The molecule has 0 aliphatic carbocycles. The van der Waals surface area contributed by atoms with Gasteiger partial charge < -0.3 is 24.7 Å². The van der Waals surface area contributed by atoms with Crippen LogP contribution in [0.2, 0.25) is 0 Å². The summed E-state index contributed by atoms with van der Waals surface area (Å²) in [5.74, 6) is 0.738. The first-order chi connectivity index (χ1) is 13.5. The molecule has 1 aromatic carbocycles. The number of alkyl carbamates (subject to hydrolysis) is 1. The molecule has 1 saturated heterocycles. The number of aromatic amines is 1. The number of carbonyl (C=O) groups excluding carboxylic acids is 2. The molecule has 2 aromatic rings. The Kier molecular flexibility index (Phi) is 6.30. The number of likely N-dealkylation sites (tertiary alicyclic amines) is 1. The van der Waals surface area contributed by atoms with Crippen LogP contribution in [-0.4, -0.2) is 54.2 Å². The van der Waals surface area contributed by atoms with E-state index in [2.05, 4.69) is 15.3 Å². The lowest BCUT2D eigenvalue weighted by molar-refractivity contribution is -0.134. The minimum atomic E-state index is -0.839. The Balaban J connectivity index is 1.91. The van der Waals surface area contributed by atoms with Gasteiger partial charge in [-0.3, -0.25) is 4.79 Å². The van der Waals surface area contributed by atoms with E-state index in [0.29, 0.717) is 18.7 Å². The highest BCUT2D eigenvalue weighted by Gasteiger charge is 2.41. The Bertz CT molecular complexity index is 808. The van der Waals surface area contributed by atoms with Crippen LogP contribution in [0.3, 0.4) is 0 Å². The van der Waals surface area contributed by atoms with Crippen molar-refractivity contribution in [1.82, 2.24) is 20.2 Å². The molecule has 2 heterocycles. The summed E-state index contributed by atoms with van der Waals surface area (Å²) in [4.78, 5) is 34.8. The smallest absolute Gasteiger partial charge is 0.407 e. The summed E-state index contributed by atoms with van der Waals surface area (Å²) >= 11 is 0. The number of benzene rings is 1. The monoisotopic (exact) mass is 386 g/mol. The molecule has 1 aliphatic rings. The second kappa shape index (κ2) is 8.88. The molecule has 0 radical (unpaired) electrons. The number of hydrogen-bond acceptors (Lipinski definition) is 5. The van der Waals surface area contributed by atoms with Gasteiger partial charge in [0.2, 0.25) is 0 Å². The maximum Gasteiger partial charge on any atom is 0.407 e.